The van der Waals surface area contributed by atoms with Gasteiger partial charge in [0, 0.05) is 12.1 Å². The molecule has 1 saturated heterocycles. The average molecular weight is 268 g/mol. The highest BCUT2D eigenvalue weighted by molar-refractivity contribution is 5.37. The first-order valence-electron chi connectivity index (χ1n) is 6.35. The number of nitrogens with zero attached hydrogens (tertiary/aromatic N) is 2. The topological polar surface area (TPSA) is 55.6 Å². The zero-order valence-electron chi connectivity index (χ0n) is 10.8. The van der Waals surface area contributed by atoms with E-state index < -0.39 is 10.7 Å². The second-order valence-electron chi connectivity index (χ2n) is 4.81. The van der Waals surface area contributed by atoms with Crippen LogP contribution < -0.4 is 4.74 Å². The molecule has 1 aromatic carbocycles. The number of likely N-dealkylation sites (tertiary alicyclic amines) is 1. The maximum atomic E-state index is 13.6. The van der Waals surface area contributed by atoms with Crippen LogP contribution in [0.1, 0.15) is 19.3 Å². The third-order valence-corrected chi connectivity index (χ3v) is 3.48. The third-order valence-electron chi connectivity index (χ3n) is 3.48. The van der Waals surface area contributed by atoms with Gasteiger partial charge in [0.1, 0.15) is 6.61 Å². The van der Waals surface area contributed by atoms with E-state index in [0.29, 0.717) is 6.61 Å². The fraction of sp³-hybridized carbons (Fsp3) is 0.538. The average Bonchev–Trinajstić information content (AvgIpc) is 2.39. The Labute approximate surface area is 111 Å². The molecule has 0 amide bonds. The van der Waals surface area contributed by atoms with Crippen LogP contribution in [0.4, 0.5) is 10.1 Å². The number of likely N-dealkylation sites (N-methyl/N-ethyl adjacent to an activating group) is 1. The van der Waals surface area contributed by atoms with Gasteiger partial charge in [0.05, 0.1) is 11.0 Å². The predicted octanol–water partition coefficient (Wildman–Crippen LogP) is 2.60. The van der Waals surface area contributed by atoms with E-state index in [9.17, 15) is 14.5 Å². The summed E-state index contributed by atoms with van der Waals surface area (Å²) in [5, 5.41) is 10.5. The first kappa shape index (κ1) is 13.7. The molecule has 1 atom stereocenters. The Bertz CT molecular complexity index is 467. The number of piperidine rings is 1. The van der Waals surface area contributed by atoms with E-state index in [-0.39, 0.29) is 17.5 Å². The largest absolute Gasteiger partial charge is 0.489 e. The maximum Gasteiger partial charge on any atom is 0.272 e. The molecule has 1 aliphatic rings. The zero-order chi connectivity index (χ0) is 13.8. The van der Waals surface area contributed by atoms with Gasteiger partial charge in [0.2, 0.25) is 0 Å². The summed E-state index contributed by atoms with van der Waals surface area (Å²) in [7, 11) is 2.03. The van der Waals surface area contributed by atoms with E-state index in [2.05, 4.69) is 4.90 Å². The summed E-state index contributed by atoms with van der Waals surface area (Å²) in [6.07, 6.45) is 3.37. The minimum atomic E-state index is -0.687. The van der Waals surface area contributed by atoms with Crippen LogP contribution in [-0.4, -0.2) is 36.1 Å². The van der Waals surface area contributed by atoms with E-state index >= 15 is 0 Å². The van der Waals surface area contributed by atoms with Crippen LogP contribution in [-0.2, 0) is 0 Å². The summed E-state index contributed by atoms with van der Waals surface area (Å²) in [6, 6.07) is 3.74. The smallest absolute Gasteiger partial charge is 0.272 e. The first-order valence-corrected chi connectivity index (χ1v) is 6.35. The van der Waals surface area contributed by atoms with Crippen LogP contribution in [0.5, 0.6) is 5.75 Å². The van der Waals surface area contributed by atoms with Crippen molar-refractivity contribution < 1.29 is 14.1 Å². The number of rotatable bonds is 4. The van der Waals surface area contributed by atoms with Gasteiger partial charge in [-0.3, -0.25) is 10.1 Å². The summed E-state index contributed by atoms with van der Waals surface area (Å²) in [5.41, 5.74) is -0.264. The molecule has 0 aliphatic carbocycles. The number of nitro benzene ring substituents is 1. The van der Waals surface area contributed by atoms with Crippen molar-refractivity contribution in [2.75, 3.05) is 20.2 Å². The normalized spacial score (nSPS) is 20.2. The number of benzene rings is 1. The summed E-state index contributed by atoms with van der Waals surface area (Å²) >= 11 is 0. The lowest BCUT2D eigenvalue weighted by Gasteiger charge is -2.32. The molecule has 5 nitrogen and oxygen atoms in total. The number of non-ortho nitro benzene ring substituents is 1. The molecule has 6 heteroatoms. The molecule has 0 bridgehead atoms. The molecule has 1 aliphatic heterocycles. The number of hydrogen-bond acceptors (Lipinski definition) is 4. The monoisotopic (exact) mass is 268 g/mol. The van der Waals surface area contributed by atoms with Gasteiger partial charge in [-0.2, -0.15) is 0 Å². The fourth-order valence-corrected chi connectivity index (χ4v) is 2.26. The van der Waals surface area contributed by atoms with Crippen LogP contribution in [0.15, 0.2) is 18.2 Å². The minimum absolute atomic E-state index is 0.0737. The quantitative estimate of drug-likeness (QED) is 0.622. The fourth-order valence-electron chi connectivity index (χ4n) is 2.26. The Kier molecular flexibility index (Phi) is 4.31. The molecule has 0 saturated carbocycles. The van der Waals surface area contributed by atoms with Crippen molar-refractivity contribution >= 4 is 5.69 Å². The molecule has 1 fully saturated rings. The van der Waals surface area contributed by atoms with E-state index in [4.69, 9.17) is 4.74 Å². The van der Waals surface area contributed by atoms with Crippen LogP contribution >= 0.6 is 0 Å². The Morgan fingerprint density at radius 1 is 1.53 bits per heavy atom. The summed E-state index contributed by atoms with van der Waals surface area (Å²) < 4.78 is 19.1. The van der Waals surface area contributed by atoms with E-state index in [0.717, 1.165) is 25.5 Å². The van der Waals surface area contributed by atoms with Crippen LogP contribution in [0, 0.1) is 15.9 Å². The summed E-state index contributed by atoms with van der Waals surface area (Å²) in [5.74, 6) is -0.614. The first-order chi connectivity index (χ1) is 9.08. The molecule has 1 heterocycles. The number of ether oxygens (including phenoxy) is 1. The van der Waals surface area contributed by atoms with Crippen molar-refractivity contribution in [1.29, 1.82) is 0 Å². The van der Waals surface area contributed by atoms with Crippen molar-refractivity contribution in [1.82, 2.24) is 4.90 Å². The second-order valence-corrected chi connectivity index (χ2v) is 4.81. The lowest BCUT2D eigenvalue weighted by atomic mass is 10.0. The van der Waals surface area contributed by atoms with Crippen molar-refractivity contribution in [3.63, 3.8) is 0 Å². The van der Waals surface area contributed by atoms with Crippen molar-refractivity contribution in [2.45, 2.75) is 25.3 Å². The molecule has 0 spiro atoms. The predicted molar refractivity (Wildman–Crippen MR) is 68.8 cm³/mol. The van der Waals surface area contributed by atoms with Crippen LogP contribution in [0.2, 0.25) is 0 Å². The van der Waals surface area contributed by atoms with Crippen LogP contribution in [0.3, 0.4) is 0 Å². The minimum Gasteiger partial charge on any atom is -0.489 e. The molecule has 2 rings (SSSR count). The highest BCUT2D eigenvalue weighted by Gasteiger charge is 2.20. The Morgan fingerprint density at radius 2 is 2.32 bits per heavy atom. The van der Waals surface area contributed by atoms with Crippen molar-refractivity contribution in [3.05, 3.63) is 34.1 Å². The second kappa shape index (κ2) is 5.97. The molecular weight excluding hydrogens is 251 g/mol. The molecular formula is C13H17FN2O3. The van der Waals surface area contributed by atoms with Crippen LogP contribution in [0.25, 0.3) is 0 Å². The van der Waals surface area contributed by atoms with Crippen molar-refractivity contribution in [2.24, 2.45) is 0 Å². The van der Waals surface area contributed by atoms with Gasteiger partial charge in [-0.15, -0.1) is 0 Å². The SMILES string of the molecule is CN1CCCCC1COc1ccc([N+](=O)[O-])cc1F. The van der Waals surface area contributed by atoms with Gasteiger partial charge >= 0.3 is 0 Å². The highest BCUT2D eigenvalue weighted by atomic mass is 19.1. The van der Waals surface area contributed by atoms with E-state index in [1.807, 2.05) is 7.05 Å². The van der Waals surface area contributed by atoms with Gasteiger partial charge in [-0.25, -0.2) is 4.39 Å². The number of nitro groups is 1. The van der Waals surface area contributed by atoms with Gasteiger partial charge in [-0.05, 0) is 32.5 Å². The number of hydrogen-bond donors (Lipinski definition) is 0. The molecule has 0 N–H and O–H groups in total. The van der Waals surface area contributed by atoms with Crippen molar-refractivity contribution in [3.8, 4) is 5.75 Å². The molecule has 19 heavy (non-hydrogen) atoms. The summed E-state index contributed by atoms with van der Waals surface area (Å²) in [4.78, 5) is 12.1. The Morgan fingerprint density at radius 3 is 2.95 bits per heavy atom. The lowest BCUT2D eigenvalue weighted by Crippen LogP contribution is -2.40. The Balaban J connectivity index is 1.97. The van der Waals surface area contributed by atoms with E-state index in [1.54, 1.807) is 0 Å². The standard InChI is InChI=1S/C13H17FN2O3/c1-15-7-3-2-4-11(15)9-19-13-6-5-10(16(17)18)8-12(13)14/h5-6,8,11H,2-4,7,9H2,1H3. The molecule has 0 radical (unpaired) electrons. The molecule has 0 aromatic heterocycles. The summed E-state index contributed by atoms with van der Waals surface area (Å²) in [6.45, 7) is 1.43. The van der Waals surface area contributed by atoms with E-state index in [1.165, 1.54) is 18.6 Å². The van der Waals surface area contributed by atoms with Gasteiger partial charge in [0.15, 0.2) is 11.6 Å². The molecule has 1 aromatic rings. The molecule has 1 unspecified atom stereocenters. The molecule has 104 valence electrons. The maximum absolute atomic E-state index is 13.6. The number of halogens is 1. The Hall–Kier alpha value is -1.69. The highest BCUT2D eigenvalue weighted by Crippen LogP contribution is 2.23. The zero-order valence-corrected chi connectivity index (χ0v) is 10.8. The lowest BCUT2D eigenvalue weighted by molar-refractivity contribution is -0.385. The van der Waals surface area contributed by atoms with Gasteiger partial charge < -0.3 is 9.64 Å². The third kappa shape index (κ3) is 3.41. The van der Waals surface area contributed by atoms with Gasteiger partial charge in [0.25, 0.3) is 5.69 Å². The van der Waals surface area contributed by atoms with Gasteiger partial charge in [-0.1, -0.05) is 6.42 Å².